The predicted octanol–water partition coefficient (Wildman–Crippen LogP) is 1.91. The van der Waals surface area contributed by atoms with Crippen LogP contribution >= 0.6 is 0 Å². The fourth-order valence-electron chi connectivity index (χ4n) is 2.60. The SMILES string of the molecule is Cc1ccccc1CC(=O)NC1CCC(C(=O)O)C1. The molecule has 2 unspecified atom stereocenters. The average Bonchev–Trinajstić information content (AvgIpc) is 2.80. The fourth-order valence-corrected chi connectivity index (χ4v) is 2.60. The topological polar surface area (TPSA) is 66.4 Å². The van der Waals surface area contributed by atoms with Gasteiger partial charge < -0.3 is 10.4 Å². The van der Waals surface area contributed by atoms with Crippen LogP contribution in [0.4, 0.5) is 0 Å². The molecular formula is C15H19NO3. The van der Waals surface area contributed by atoms with E-state index in [9.17, 15) is 9.59 Å². The van der Waals surface area contributed by atoms with E-state index in [2.05, 4.69) is 5.32 Å². The highest BCUT2D eigenvalue weighted by Gasteiger charge is 2.30. The molecule has 0 bridgehead atoms. The number of carbonyl (C=O) groups is 2. The lowest BCUT2D eigenvalue weighted by molar-refractivity contribution is -0.141. The van der Waals surface area contributed by atoms with Crippen molar-refractivity contribution in [2.45, 2.75) is 38.6 Å². The second-order valence-corrected chi connectivity index (χ2v) is 5.22. The number of aryl methyl sites for hydroxylation is 1. The van der Waals surface area contributed by atoms with Crippen molar-refractivity contribution in [1.29, 1.82) is 0 Å². The van der Waals surface area contributed by atoms with Crippen molar-refractivity contribution < 1.29 is 14.7 Å². The summed E-state index contributed by atoms with van der Waals surface area (Å²) in [5, 5.41) is 11.9. The second kappa shape index (κ2) is 5.87. The fraction of sp³-hybridized carbons (Fsp3) is 0.467. The minimum absolute atomic E-state index is 0.0117. The van der Waals surface area contributed by atoms with E-state index in [1.807, 2.05) is 31.2 Å². The lowest BCUT2D eigenvalue weighted by atomic mass is 10.1. The number of benzene rings is 1. The molecule has 1 amide bonds. The first-order valence-corrected chi connectivity index (χ1v) is 6.63. The summed E-state index contributed by atoms with van der Waals surface area (Å²) in [6.07, 6.45) is 2.33. The third kappa shape index (κ3) is 3.56. The van der Waals surface area contributed by atoms with E-state index in [-0.39, 0.29) is 17.9 Å². The Morgan fingerprint density at radius 2 is 2.05 bits per heavy atom. The molecule has 19 heavy (non-hydrogen) atoms. The molecule has 102 valence electrons. The van der Waals surface area contributed by atoms with Crippen molar-refractivity contribution in [3.8, 4) is 0 Å². The van der Waals surface area contributed by atoms with Crippen LogP contribution < -0.4 is 5.32 Å². The first kappa shape index (κ1) is 13.6. The lowest BCUT2D eigenvalue weighted by Crippen LogP contribution is -2.34. The van der Waals surface area contributed by atoms with E-state index in [0.29, 0.717) is 19.3 Å². The molecule has 0 aliphatic heterocycles. The molecule has 2 N–H and O–H groups in total. The van der Waals surface area contributed by atoms with Gasteiger partial charge in [0.1, 0.15) is 0 Å². The lowest BCUT2D eigenvalue weighted by Gasteiger charge is -2.13. The van der Waals surface area contributed by atoms with Crippen LogP contribution in [0.15, 0.2) is 24.3 Å². The summed E-state index contributed by atoms with van der Waals surface area (Å²) in [7, 11) is 0. The number of amides is 1. The van der Waals surface area contributed by atoms with Gasteiger partial charge in [0.15, 0.2) is 0 Å². The standard InChI is InChI=1S/C15H19NO3/c1-10-4-2-3-5-11(10)9-14(17)16-13-7-6-12(8-13)15(18)19/h2-5,12-13H,6-9H2,1H3,(H,16,17)(H,18,19). The minimum atomic E-state index is -0.754. The number of nitrogens with one attached hydrogen (secondary N) is 1. The number of hydrogen-bond donors (Lipinski definition) is 2. The van der Waals surface area contributed by atoms with Gasteiger partial charge in [-0.25, -0.2) is 0 Å². The predicted molar refractivity (Wildman–Crippen MR) is 71.8 cm³/mol. The zero-order valence-electron chi connectivity index (χ0n) is 11.1. The van der Waals surface area contributed by atoms with Gasteiger partial charge >= 0.3 is 5.97 Å². The van der Waals surface area contributed by atoms with Crippen LogP contribution in [0.1, 0.15) is 30.4 Å². The molecule has 1 aliphatic carbocycles. The Hall–Kier alpha value is -1.84. The first-order chi connectivity index (χ1) is 9.06. The van der Waals surface area contributed by atoms with Gasteiger partial charge in [-0.05, 0) is 37.3 Å². The number of carbonyl (C=O) groups excluding carboxylic acids is 1. The summed E-state index contributed by atoms with van der Waals surface area (Å²) in [5.41, 5.74) is 2.13. The van der Waals surface area contributed by atoms with Gasteiger partial charge in [0, 0.05) is 6.04 Å². The molecule has 1 saturated carbocycles. The smallest absolute Gasteiger partial charge is 0.306 e. The minimum Gasteiger partial charge on any atom is -0.481 e. The molecular weight excluding hydrogens is 242 g/mol. The molecule has 0 saturated heterocycles. The molecule has 2 atom stereocenters. The summed E-state index contributed by atoms with van der Waals surface area (Å²) in [5.74, 6) is -1.08. The van der Waals surface area contributed by atoms with Crippen LogP contribution in [0.2, 0.25) is 0 Å². The Labute approximate surface area is 112 Å². The van der Waals surface area contributed by atoms with Gasteiger partial charge in [-0.2, -0.15) is 0 Å². The van der Waals surface area contributed by atoms with Gasteiger partial charge in [-0.3, -0.25) is 9.59 Å². The summed E-state index contributed by atoms with van der Waals surface area (Å²) in [6, 6.07) is 7.82. The Morgan fingerprint density at radius 3 is 2.68 bits per heavy atom. The molecule has 1 aromatic rings. The number of hydrogen-bond acceptors (Lipinski definition) is 2. The van der Waals surface area contributed by atoms with Gasteiger partial charge in [0.25, 0.3) is 0 Å². The quantitative estimate of drug-likeness (QED) is 0.870. The van der Waals surface area contributed by atoms with E-state index in [1.54, 1.807) is 0 Å². The third-order valence-electron chi connectivity index (χ3n) is 3.76. The summed E-state index contributed by atoms with van der Waals surface area (Å²) in [4.78, 5) is 22.8. The molecule has 1 aromatic carbocycles. The Kier molecular flexibility index (Phi) is 4.20. The van der Waals surface area contributed by atoms with Crippen LogP contribution in [-0.2, 0) is 16.0 Å². The molecule has 0 radical (unpaired) electrons. The summed E-state index contributed by atoms with van der Waals surface area (Å²) in [6.45, 7) is 1.98. The second-order valence-electron chi connectivity index (χ2n) is 5.22. The summed E-state index contributed by atoms with van der Waals surface area (Å²) >= 11 is 0. The van der Waals surface area contributed by atoms with Crippen molar-refractivity contribution in [1.82, 2.24) is 5.32 Å². The number of carboxylic acid groups (broad SMARTS) is 1. The van der Waals surface area contributed by atoms with Crippen LogP contribution in [0.25, 0.3) is 0 Å². The molecule has 1 aliphatic rings. The number of carboxylic acids is 1. The third-order valence-corrected chi connectivity index (χ3v) is 3.76. The molecule has 2 rings (SSSR count). The van der Waals surface area contributed by atoms with Gasteiger partial charge in [0.2, 0.25) is 5.91 Å². The molecule has 0 spiro atoms. The monoisotopic (exact) mass is 261 g/mol. The average molecular weight is 261 g/mol. The molecule has 4 heteroatoms. The van der Waals surface area contributed by atoms with Gasteiger partial charge in [0.05, 0.1) is 12.3 Å². The van der Waals surface area contributed by atoms with Gasteiger partial charge in [-0.15, -0.1) is 0 Å². The number of aliphatic carboxylic acids is 1. The van der Waals surface area contributed by atoms with Crippen LogP contribution in [0.5, 0.6) is 0 Å². The van der Waals surface area contributed by atoms with Crippen LogP contribution in [0.3, 0.4) is 0 Å². The Bertz CT molecular complexity index is 484. The molecule has 4 nitrogen and oxygen atoms in total. The van der Waals surface area contributed by atoms with Crippen molar-refractivity contribution in [2.24, 2.45) is 5.92 Å². The zero-order valence-corrected chi connectivity index (χ0v) is 11.1. The maximum Gasteiger partial charge on any atom is 0.306 e. The van der Waals surface area contributed by atoms with E-state index >= 15 is 0 Å². The zero-order chi connectivity index (χ0) is 13.8. The Balaban J connectivity index is 1.86. The first-order valence-electron chi connectivity index (χ1n) is 6.63. The van der Waals surface area contributed by atoms with E-state index in [0.717, 1.165) is 17.5 Å². The highest BCUT2D eigenvalue weighted by molar-refractivity contribution is 5.79. The highest BCUT2D eigenvalue weighted by Crippen LogP contribution is 2.25. The Morgan fingerprint density at radius 1 is 1.32 bits per heavy atom. The normalized spacial score (nSPS) is 22.2. The largest absolute Gasteiger partial charge is 0.481 e. The van der Waals surface area contributed by atoms with Crippen molar-refractivity contribution in [2.75, 3.05) is 0 Å². The highest BCUT2D eigenvalue weighted by atomic mass is 16.4. The maximum atomic E-state index is 11.9. The van der Waals surface area contributed by atoms with E-state index in [4.69, 9.17) is 5.11 Å². The van der Waals surface area contributed by atoms with Crippen molar-refractivity contribution >= 4 is 11.9 Å². The summed E-state index contributed by atoms with van der Waals surface area (Å²) < 4.78 is 0. The van der Waals surface area contributed by atoms with Gasteiger partial charge in [-0.1, -0.05) is 24.3 Å². The van der Waals surface area contributed by atoms with E-state index < -0.39 is 5.97 Å². The molecule has 0 heterocycles. The maximum absolute atomic E-state index is 11.9. The number of rotatable bonds is 4. The van der Waals surface area contributed by atoms with Crippen LogP contribution in [-0.4, -0.2) is 23.0 Å². The van der Waals surface area contributed by atoms with E-state index in [1.165, 1.54) is 0 Å². The molecule has 0 aromatic heterocycles. The van der Waals surface area contributed by atoms with Crippen molar-refractivity contribution in [3.05, 3.63) is 35.4 Å². The van der Waals surface area contributed by atoms with Crippen molar-refractivity contribution in [3.63, 3.8) is 0 Å². The van der Waals surface area contributed by atoms with Crippen LogP contribution in [0, 0.1) is 12.8 Å². The molecule has 1 fully saturated rings.